The van der Waals surface area contributed by atoms with Gasteiger partial charge in [-0.2, -0.15) is 0 Å². The average Bonchev–Trinajstić information content (AvgIpc) is 2.51. The molecule has 0 radical (unpaired) electrons. The smallest absolute Gasteiger partial charge is 0.263 e. The van der Waals surface area contributed by atoms with Gasteiger partial charge in [0.2, 0.25) is 0 Å². The Bertz CT molecular complexity index is 300. The van der Waals surface area contributed by atoms with Crippen LogP contribution >= 0.6 is 22.9 Å². The van der Waals surface area contributed by atoms with E-state index in [2.05, 4.69) is 0 Å². The van der Waals surface area contributed by atoms with E-state index in [9.17, 15) is 4.79 Å². The van der Waals surface area contributed by atoms with Crippen LogP contribution < -0.4 is 5.73 Å². The van der Waals surface area contributed by atoms with Gasteiger partial charge < -0.3 is 10.6 Å². The number of nitrogens with zero attached hydrogens (tertiary/aromatic N) is 1. The first-order valence-electron chi connectivity index (χ1n) is 3.86. The Hall–Kier alpha value is -0.580. The van der Waals surface area contributed by atoms with Crippen molar-refractivity contribution in [1.29, 1.82) is 0 Å². The van der Waals surface area contributed by atoms with Gasteiger partial charge in [-0.3, -0.25) is 4.79 Å². The standard InChI is InChI=1S/C8H11ClN2OS/c1-11(5-4-10)8(12)6-2-3-7(9)13-6/h2-3H,4-5,10H2,1H3. The summed E-state index contributed by atoms with van der Waals surface area (Å²) in [5.41, 5.74) is 5.33. The van der Waals surface area contributed by atoms with Crippen molar-refractivity contribution < 1.29 is 4.79 Å². The van der Waals surface area contributed by atoms with Gasteiger partial charge in [0.25, 0.3) is 5.91 Å². The maximum atomic E-state index is 11.6. The van der Waals surface area contributed by atoms with E-state index in [0.29, 0.717) is 22.3 Å². The van der Waals surface area contributed by atoms with Crippen molar-refractivity contribution in [3.63, 3.8) is 0 Å². The van der Waals surface area contributed by atoms with Gasteiger partial charge in [-0.15, -0.1) is 11.3 Å². The fourth-order valence-corrected chi connectivity index (χ4v) is 1.95. The highest BCUT2D eigenvalue weighted by Gasteiger charge is 2.12. The summed E-state index contributed by atoms with van der Waals surface area (Å²) in [6.45, 7) is 1.04. The first kappa shape index (κ1) is 10.5. The van der Waals surface area contributed by atoms with Crippen molar-refractivity contribution in [2.75, 3.05) is 20.1 Å². The molecule has 1 rings (SSSR count). The normalized spacial score (nSPS) is 10.1. The molecule has 0 aliphatic heterocycles. The summed E-state index contributed by atoms with van der Waals surface area (Å²) < 4.78 is 0.629. The van der Waals surface area contributed by atoms with Gasteiger partial charge in [0.1, 0.15) is 0 Å². The summed E-state index contributed by atoms with van der Waals surface area (Å²) in [7, 11) is 1.73. The zero-order valence-corrected chi connectivity index (χ0v) is 8.86. The van der Waals surface area contributed by atoms with Gasteiger partial charge in [-0.05, 0) is 12.1 Å². The van der Waals surface area contributed by atoms with Crippen LogP contribution in [-0.2, 0) is 0 Å². The Morgan fingerprint density at radius 3 is 2.85 bits per heavy atom. The first-order valence-corrected chi connectivity index (χ1v) is 5.05. The van der Waals surface area contributed by atoms with Gasteiger partial charge in [-0.1, -0.05) is 11.6 Å². The van der Waals surface area contributed by atoms with Crippen molar-refractivity contribution in [1.82, 2.24) is 4.90 Å². The van der Waals surface area contributed by atoms with Crippen molar-refractivity contribution in [2.45, 2.75) is 0 Å². The number of hydrogen-bond donors (Lipinski definition) is 1. The van der Waals surface area contributed by atoms with E-state index in [0.717, 1.165) is 0 Å². The minimum absolute atomic E-state index is 0.0256. The van der Waals surface area contributed by atoms with Crippen LogP contribution in [0.5, 0.6) is 0 Å². The van der Waals surface area contributed by atoms with Crippen molar-refractivity contribution in [3.8, 4) is 0 Å². The van der Waals surface area contributed by atoms with E-state index >= 15 is 0 Å². The number of rotatable bonds is 3. The SMILES string of the molecule is CN(CCN)C(=O)c1ccc(Cl)s1. The van der Waals surface area contributed by atoms with Crippen LogP contribution in [0.25, 0.3) is 0 Å². The topological polar surface area (TPSA) is 46.3 Å². The summed E-state index contributed by atoms with van der Waals surface area (Å²) in [6.07, 6.45) is 0. The molecule has 0 spiro atoms. The highest BCUT2D eigenvalue weighted by atomic mass is 35.5. The minimum Gasteiger partial charge on any atom is -0.340 e. The van der Waals surface area contributed by atoms with Crippen LogP contribution in [0.4, 0.5) is 0 Å². The van der Waals surface area contributed by atoms with E-state index in [1.807, 2.05) is 0 Å². The number of likely N-dealkylation sites (N-methyl/N-ethyl adjacent to an activating group) is 1. The first-order chi connectivity index (χ1) is 6.15. The highest BCUT2D eigenvalue weighted by Crippen LogP contribution is 2.22. The number of carbonyl (C=O) groups excluding carboxylic acids is 1. The van der Waals surface area contributed by atoms with E-state index < -0.39 is 0 Å². The number of carbonyl (C=O) groups is 1. The molecular weight excluding hydrogens is 208 g/mol. The number of nitrogens with two attached hydrogens (primary N) is 1. The second-order valence-electron chi connectivity index (χ2n) is 2.62. The zero-order valence-electron chi connectivity index (χ0n) is 7.29. The van der Waals surface area contributed by atoms with Crippen LogP contribution in [0.1, 0.15) is 9.67 Å². The molecule has 5 heteroatoms. The van der Waals surface area contributed by atoms with Crippen LogP contribution in [0.2, 0.25) is 4.34 Å². The van der Waals surface area contributed by atoms with Crippen molar-refractivity contribution >= 4 is 28.8 Å². The molecule has 13 heavy (non-hydrogen) atoms. The molecule has 0 bridgehead atoms. The van der Waals surface area contributed by atoms with Gasteiger partial charge in [0.05, 0.1) is 9.21 Å². The lowest BCUT2D eigenvalue weighted by Gasteiger charge is -2.14. The lowest BCUT2D eigenvalue weighted by molar-refractivity contribution is 0.0804. The van der Waals surface area contributed by atoms with Crippen molar-refractivity contribution in [3.05, 3.63) is 21.3 Å². The Labute approximate surface area is 86.1 Å². The monoisotopic (exact) mass is 218 g/mol. The number of amides is 1. The lowest BCUT2D eigenvalue weighted by atomic mass is 10.4. The van der Waals surface area contributed by atoms with Gasteiger partial charge in [-0.25, -0.2) is 0 Å². The largest absolute Gasteiger partial charge is 0.340 e. The maximum absolute atomic E-state index is 11.6. The molecule has 0 aliphatic carbocycles. The molecule has 0 saturated heterocycles. The van der Waals surface area contributed by atoms with Crippen LogP contribution in [-0.4, -0.2) is 30.9 Å². The summed E-state index contributed by atoms with van der Waals surface area (Å²) in [5.74, 6) is -0.0256. The molecule has 1 aromatic heterocycles. The molecule has 1 amide bonds. The molecule has 72 valence electrons. The number of thiophene rings is 1. The summed E-state index contributed by atoms with van der Waals surface area (Å²) in [4.78, 5) is 13.8. The molecule has 0 aliphatic rings. The third-order valence-corrected chi connectivity index (χ3v) is 2.81. The quantitative estimate of drug-likeness (QED) is 0.835. The number of halogens is 1. The van der Waals surface area contributed by atoms with Crippen LogP contribution in [0.15, 0.2) is 12.1 Å². The molecule has 0 aromatic carbocycles. The Morgan fingerprint density at radius 1 is 1.69 bits per heavy atom. The lowest BCUT2D eigenvalue weighted by Crippen LogP contribution is -2.31. The molecule has 0 saturated carbocycles. The Morgan fingerprint density at radius 2 is 2.38 bits per heavy atom. The molecular formula is C8H11ClN2OS. The molecule has 1 heterocycles. The summed E-state index contributed by atoms with van der Waals surface area (Å²) >= 11 is 6.99. The molecule has 1 aromatic rings. The predicted octanol–water partition coefficient (Wildman–Crippen LogP) is 1.43. The molecule has 3 nitrogen and oxygen atoms in total. The van der Waals surface area contributed by atoms with E-state index in [4.69, 9.17) is 17.3 Å². The molecule has 2 N–H and O–H groups in total. The summed E-state index contributed by atoms with van der Waals surface area (Å²) in [5, 5.41) is 0. The Balaban J connectivity index is 2.67. The van der Waals surface area contributed by atoms with Crippen LogP contribution in [0.3, 0.4) is 0 Å². The van der Waals surface area contributed by atoms with Crippen LogP contribution in [0, 0.1) is 0 Å². The average molecular weight is 219 g/mol. The second kappa shape index (κ2) is 4.60. The molecule has 0 unspecified atom stereocenters. The third-order valence-electron chi connectivity index (χ3n) is 1.60. The molecule has 0 fully saturated rings. The number of hydrogen-bond acceptors (Lipinski definition) is 3. The minimum atomic E-state index is -0.0256. The van der Waals surface area contributed by atoms with Gasteiger partial charge in [0.15, 0.2) is 0 Å². The van der Waals surface area contributed by atoms with E-state index in [1.54, 1.807) is 24.1 Å². The zero-order chi connectivity index (χ0) is 9.84. The van der Waals surface area contributed by atoms with E-state index in [1.165, 1.54) is 11.3 Å². The maximum Gasteiger partial charge on any atom is 0.263 e. The predicted molar refractivity (Wildman–Crippen MR) is 55.3 cm³/mol. The fourth-order valence-electron chi connectivity index (χ4n) is 0.913. The fraction of sp³-hybridized carbons (Fsp3) is 0.375. The van der Waals surface area contributed by atoms with Crippen molar-refractivity contribution in [2.24, 2.45) is 5.73 Å². The van der Waals surface area contributed by atoms with Gasteiger partial charge in [0, 0.05) is 20.1 Å². The third kappa shape index (κ3) is 2.69. The second-order valence-corrected chi connectivity index (χ2v) is 4.33. The Kier molecular flexibility index (Phi) is 3.71. The highest BCUT2D eigenvalue weighted by molar-refractivity contribution is 7.17. The summed E-state index contributed by atoms with van der Waals surface area (Å²) in [6, 6.07) is 3.44. The van der Waals surface area contributed by atoms with Gasteiger partial charge >= 0.3 is 0 Å². The molecule has 0 atom stereocenters. The van der Waals surface area contributed by atoms with E-state index in [-0.39, 0.29) is 5.91 Å².